The summed E-state index contributed by atoms with van der Waals surface area (Å²) >= 11 is 1.23. The SMILES string of the molecule is CCOc1cc(C2C(C(=O)c3cccs3)=C(O)C(=O)N2c2ccc(C#N)cc2)ccc1OC. The molecule has 0 spiro atoms. The molecule has 0 saturated heterocycles. The number of carbonyl (C=O) groups excluding carboxylic acids is 2. The van der Waals surface area contributed by atoms with E-state index in [2.05, 4.69) is 0 Å². The molecule has 1 atom stereocenters. The second kappa shape index (κ2) is 9.18. The highest BCUT2D eigenvalue weighted by Gasteiger charge is 2.45. The maximum atomic E-state index is 13.4. The number of hydrogen-bond acceptors (Lipinski definition) is 7. The molecular weight excluding hydrogens is 440 g/mol. The highest BCUT2D eigenvalue weighted by molar-refractivity contribution is 7.12. The van der Waals surface area contributed by atoms with Gasteiger partial charge in [-0.15, -0.1) is 11.3 Å². The first-order valence-corrected chi connectivity index (χ1v) is 11.0. The monoisotopic (exact) mass is 460 g/mol. The Morgan fingerprint density at radius 1 is 1.18 bits per heavy atom. The van der Waals surface area contributed by atoms with Gasteiger partial charge in [-0.1, -0.05) is 12.1 Å². The molecule has 1 aromatic heterocycles. The molecule has 1 aliphatic rings. The van der Waals surface area contributed by atoms with Crippen molar-refractivity contribution in [3.8, 4) is 17.6 Å². The molecule has 1 N–H and O–H groups in total. The fraction of sp³-hybridized carbons (Fsp3) is 0.160. The van der Waals surface area contributed by atoms with E-state index in [9.17, 15) is 14.7 Å². The second-order valence-electron chi connectivity index (χ2n) is 7.15. The van der Waals surface area contributed by atoms with Gasteiger partial charge in [0.15, 0.2) is 17.3 Å². The number of aliphatic hydroxyl groups is 1. The molecule has 8 heteroatoms. The second-order valence-corrected chi connectivity index (χ2v) is 8.10. The average molecular weight is 461 g/mol. The van der Waals surface area contributed by atoms with E-state index in [1.54, 1.807) is 60.0 Å². The van der Waals surface area contributed by atoms with Crippen molar-refractivity contribution in [2.24, 2.45) is 0 Å². The Balaban J connectivity index is 1.89. The Morgan fingerprint density at radius 2 is 1.94 bits per heavy atom. The largest absolute Gasteiger partial charge is 0.503 e. The van der Waals surface area contributed by atoms with Crippen molar-refractivity contribution in [3.05, 3.63) is 87.3 Å². The zero-order valence-corrected chi connectivity index (χ0v) is 18.8. The molecule has 4 rings (SSSR count). The van der Waals surface area contributed by atoms with Crippen LogP contribution in [0.1, 0.15) is 33.8 Å². The fourth-order valence-corrected chi connectivity index (χ4v) is 4.47. The highest BCUT2D eigenvalue weighted by Crippen LogP contribution is 2.44. The van der Waals surface area contributed by atoms with Gasteiger partial charge in [-0.2, -0.15) is 5.26 Å². The summed E-state index contributed by atoms with van der Waals surface area (Å²) in [6.45, 7) is 2.23. The molecule has 1 aliphatic heterocycles. The van der Waals surface area contributed by atoms with Gasteiger partial charge in [0, 0.05) is 5.69 Å². The Kier molecular flexibility index (Phi) is 6.16. The average Bonchev–Trinajstić information content (AvgIpc) is 3.46. The lowest BCUT2D eigenvalue weighted by molar-refractivity contribution is -0.117. The molecule has 33 heavy (non-hydrogen) atoms. The summed E-state index contributed by atoms with van der Waals surface area (Å²) in [5, 5.41) is 21.7. The number of Topliss-reactive ketones (excluding diaryl/α,β-unsaturated/α-hetero) is 1. The number of hydrogen-bond donors (Lipinski definition) is 1. The number of rotatable bonds is 7. The Labute approximate surface area is 194 Å². The van der Waals surface area contributed by atoms with Crippen molar-refractivity contribution in [2.75, 3.05) is 18.6 Å². The molecule has 2 heterocycles. The van der Waals surface area contributed by atoms with E-state index in [4.69, 9.17) is 14.7 Å². The lowest BCUT2D eigenvalue weighted by Crippen LogP contribution is -2.31. The molecule has 0 bridgehead atoms. The van der Waals surface area contributed by atoms with Crippen molar-refractivity contribution in [1.82, 2.24) is 0 Å². The molecule has 0 fully saturated rings. The van der Waals surface area contributed by atoms with Gasteiger partial charge in [0.05, 0.1) is 41.8 Å². The first-order chi connectivity index (χ1) is 16.0. The molecule has 1 unspecified atom stereocenters. The van der Waals surface area contributed by atoms with Crippen molar-refractivity contribution < 1.29 is 24.2 Å². The van der Waals surface area contributed by atoms with Crippen LogP contribution in [0.3, 0.4) is 0 Å². The number of nitrogens with zero attached hydrogens (tertiary/aromatic N) is 2. The van der Waals surface area contributed by atoms with E-state index < -0.39 is 23.5 Å². The summed E-state index contributed by atoms with van der Waals surface area (Å²) in [5.74, 6) is -0.756. The quantitative estimate of drug-likeness (QED) is 0.508. The summed E-state index contributed by atoms with van der Waals surface area (Å²) in [7, 11) is 1.52. The van der Waals surface area contributed by atoms with Crippen molar-refractivity contribution in [3.63, 3.8) is 0 Å². The van der Waals surface area contributed by atoms with E-state index in [0.717, 1.165) is 0 Å². The van der Waals surface area contributed by atoms with Crippen LogP contribution in [0.15, 0.2) is 71.3 Å². The van der Waals surface area contributed by atoms with Gasteiger partial charge in [-0.3, -0.25) is 14.5 Å². The molecule has 0 aliphatic carbocycles. The lowest BCUT2D eigenvalue weighted by Gasteiger charge is -2.27. The maximum Gasteiger partial charge on any atom is 0.294 e. The minimum atomic E-state index is -0.898. The van der Waals surface area contributed by atoms with E-state index in [1.165, 1.54) is 23.3 Å². The van der Waals surface area contributed by atoms with Crippen molar-refractivity contribution >= 4 is 28.7 Å². The molecular formula is C25H20N2O5S. The maximum absolute atomic E-state index is 13.4. The summed E-state index contributed by atoms with van der Waals surface area (Å²) in [4.78, 5) is 28.4. The number of methoxy groups -OCH3 is 1. The number of ether oxygens (including phenoxy) is 2. The van der Waals surface area contributed by atoms with Gasteiger partial charge in [0.1, 0.15) is 0 Å². The van der Waals surface area contributed by atoms with Gasteiger partial charge < -0.3 is 14.6 Å². The Bertz CT molecular complexity index is 1270. The van der Waals surface area contributed by atoms with Crippen LogP contribution < -0.4 is 14.4 Å². The predicted molar refractivity (Wildman–Crippen MR) is 124 cm³/mol. The third-order valence-corrected chi connectivity index (χ3v) is 6.14. The Morgan fingerprint density at radius 3 is 2.55 bits per heavy atom. The lowest BCUT2D eigenvalue weighted by atomic mass is 9.94. The minimum absolute atomic E-state index is 0.0144. The number of amides is 1. The molecule has 2 aromatic carbocycles. The molecule has 1 amide bonds. The van der Waals surface area contributed by atoms with Crippen LogP contribution in [0.2, 0.25) is 0 Å². The van der Waals surface area contributed by atoms with E-state index in [0.29, 0.717) is 39.8 Å². The van der Waals surface area contributed by atoms with Crippen LogP contribution in [0.25, 0.3) is 0 Å². The van der Waals surface area contributed by atoms with E-state index in [1.807, 2.05) is 13.0 Å². The fourth-order valence-electron chi connectivity index (χ4n) is 3.79. The third kappa shape index (κ3) is 3.95. The van der Waals surface area contributed by atoms with Gasteiger partial charge in [-0.25, -0.2) is 0 Å². The molecule has 0 saturated carbocycles. The van der Waals surface area contributed by atoms with Crippen LogP contribution >= 0.6 is 11.3 Å². The zero-order valence-electron chi connectivity index (χ0n) is 17.9. The zero-order chi connectivity index (χ0) is 23.5. The summed E-state index contributed by atoms with van der Waals surface area (Å²) in [6.07, 6.45) is 0. The van der Waals surface area contributed by atoms with Crippen LogP contribution in [0.5, 0.6) is 11.5 Å². The van der Waals surface area contributed by atoms with Crippen LogP contribution in [0, 0.1) is 11.3 Å². The summed E-state index contributed by atoms with van der Waals surface area (Å²) in [6, 6.07) is 16.1. The first-order valence-electron chi connectivity index (χ1n) is 10.2. The van der Waals surface area contributed by atoms with Crippen molar-refractivity contribution in [1.29, 1.82) is 5.26 Å². The molecule has 0 radical (unpaired) electrons. The predicted octanol–water partition coefficient (Wildman–Crippen LogP) is 4.81. The normalized spacial score (nSPS) is 15.5. The number of aliphatic hydroxyl groups excluding tert-OH is 1. The summed E-state index contributed by atoms with van der Waals surface area (Å²) < 4.78 is 11.1. The smallest absolute Gasteiger partial charge is 0.294 e. The van der Waals surface area contributed by atoms with Gasteiger partial charge in [-0.05, 0) is 60.3 Å². The highest BCUT2D eigenvalue weighted by atomic mass is 32.1. The van der Waals surface area contributed by atoms with Crippen LogP contribution in [0.4, 0.5) is 5.69 Å². The number of carbonyl (C=O) groups is 2. The molecule has 3 aromatic rings. The van der Waals surface area contributed by atoms with Gasteiger partial charge in [0.25, 0.3) is 5.91 Å². The Hall–Kier alpha value is -4.09. The van der Waals surface area contributed by atoms with Crippen LogP contribution in [-0.2, 0) is 4.79 Å². The minimum Gasteiger partial charge on any atom is -0.503 e. The number of ketones is 1. The van der Waals surface area contributed by atoms with Gasteiger partial charge >= 0.3 is 0 Å². The third-order valence-electron chi connectivity index (χ3n) is 5.28. The number of nitriles is 1. The van der Waals surface area contributed by atoms with Gasteiger partial charge in [0.2, 0.25) is 5.78 Å². The number of thiophene rings is 1. The topological polar surface area (TPSA) is 99.9 Å². The van der Waals surface area contributed by atoms with Crippen molar-refractivity contribution in [2.45, 2.75) is 13.0 Å². The first kappa shape index (κ1) is 22.1. The van der Waals surface area contributed by atoms with Crippen LogP contribution in [-0.4, -0.2) is 30.5 Å². The van der Waals surface area contributed by atoms with E-state index >= 15 is 0 Å². The number of anilines is 1. The molecule has 166 valence electrons. The standard InChI is InChI=1S/C25H20N2O5S/c1-3-32-19-13-16(8-11-18(19)31-2)22-21(23(28)20-5-4-12-33-20)24(29)25(30)27(22)17-9-6-15(14-26)7-10-17/h4-13,22,29H,3H2,1-2H3. The van der Waals surface area contributed by atoms with E-state index in [-0.39, 0.29) is 5.57 Å². The molecule has 7 nitrogen and oxygen atoms in total. The number of benzene rings is 2. The summed E-state index contributed by atoms with van der Waals surface area (Å²) in [5.41, 5.74) is 1.43.